The minimum Gasteiger partial charge on any atom is -0.493 e. The van der Waals surface area contributed by atoms with E-state index in [0.717, 1.165) is 24.3 Å². The molecule has 1 amide bonds. The van der Waals surface area contributed by atoms with Crippen molar-refractivity contribution >= 4 is 5.91 Å². The molecule has 110 valence electrons. The summed E-state index contributed by atoms with van der Waals surface area (Å²) in [6.07, 6.45) is 1.46. The molecule has 0 radical (unpaired) electrons. The van der Waals surface area contributed by atoms with Crippen LogP contribution in [0.1, 0.15) is 25.3 Å². The fraction of sp³-hybridized carbons (Fsp3) is 0.562. The molecule has 1 aromatic carbocycles. The Kier molecular flexibility index (Phi) is 5.01. The van der Waals surface area contributed by atoms with E-state index in [1.54, 1.807) is 0 Å². The van der Waals surface area contributed by atoms with Gasteiger partial charge in [-0.05, 0) is 37.0 Å². The van der Waals surface area contributed by atoms with Crippen LogP contribution in [-0.4, -0.2) is 36.5 Å². The molecule has 20 heavy (non-hydrogen) atoms. The zero-order valence-corrected chi connectivity index (χ0v) is 12.3. The fourth-order valence-electron chi connectivity index (χ4n) is 2.78. The first-order valence-corrected chi connectivity index (χ1v) is 7.31. The second-order valence-corrected chi connectivity index (χ2v) is 5.57. The van der Waals surface area contributed by atoms with Crippen molar-refractivity contribution in [1.82, 2.24) is 4.90 Å². The van der Waals surface area contributed by atoms with Crippen molar-refractivity contribution in [1.29, 1.82) is 0 Å². The molecule has 4 heteroatoms. The number of nitrogens with two attached hydrogens (primary N) is 1. The maximum atomic E-state index is 12.2. The largest absolute Gasteiger partial charge is 0.493 e. The molecule has 2 N–H and O–H groups in total. The molecule has 1 aromatic rings. The van der Waals surface area contributed by atoms with Gasteiger partial charge in [-0.3, -0.25) is 4.79 Å². The first kappa shape index (κ1) is 14.9. The van der Waals surface area contributed by atoms with E-state index in [0.29, 0.717) is 25.5 Å². The van der Waals surface area contributed by atoms with E-state index in [4.69, 9.17) is 10.5 Å². The van der Waals surface area contributed by atoms with Crippen molar-refractivity contribution in [2.24, 2.45) is 11.7 Å². The van der Waals surface area contributed by atoms with Gasteiger partial charge in [0, 0.05) is 19.1 Å². The van der Waals surface area contributed by atoms with E-state index in [2.05, 4.69) is 6.92 Å². The molecule has 1 fully saturated rings. The lowest BCUT2D eigenvalue weighted by atomic mass is 10.0. The van der Waals surface area contributed by atoms with Gasteiger partial charge in [0.25, 0.3) is 0 Å². The summed E-state index contributed by atoms with van der Waals surface area (Å²) in [5, 5.41) is 0. The van der Waals surface area contributed by atoms with Crippen LogP contribution in [0.25, 0.3) is 0 Å². The summed E-state index contributed by atoms with van der Waals surface area (Å²) in [6.45, 7) is 5.98. The first-order chi connectivity index (χ1) is 9.61. The predicted octanol–water partition coefficient (Wildman–Crippen LogP) is 1.96. The Morgan fingerprint density at radius 1 is 1.50 bits per heavy atom. The Labute approximate surface area is 120 Å². The SMILES string of the molecule is Cc1cccc(OCCC(=O)N2CCC(C)C2CN)c1. The summed E-state index contributed by atoms with van der Waals surface area (Å²) in [7, 11) is 0. The number of aryl methyl sites for hydroxylation is 1. The molecular weight excluding hydrogens is 252 g/mol. The molecule has 1 aliphatic rings. The highest BCUT2D eigenvalue weighted by atomic mass is 16.5. The number of hydrogen-bond acceptors (Lipinski definition) is 3. The van der Waals surface area contributed by atoms with Crippen LogP contribution in [-0.2, 0) is 4.79 Å². The molecular formula is C16H24N2O2. The van der Waals surface area contributed by atoms with Gasteiger partial charge in [0.05, 0.1) is 13.0 Å². The van der Waals surface area contributed by atoms with Gasteiger partial charge < -0.3 is 15.4 Å². The van der Waals surface area contributed by atoms with Crippen LogP contribution in [0.5, 0.6) is 5.75 Å². The highest BCUT2D eigenvalue weighted by Gasteiger charge is 2.32. The predicted molar refractivity (Wildman–Crippen MR) is 79.6 cm³/mol. The highest BCUT2D eigenvalue weighted by molar-refractivity contribution is 5.77. The minimum absolute atomic E-state index is 0.150. The van der Waals surface area contributed by atoms with E-state index in [1.165, 1.54) is 0 Å². The summed E-state index contributed by atoms with van der Waals surface area (Å²) in [5.74, 6) is 1.47. The van der Waals surface area contributed by atoms with Crippen LogP contribution < -0.4 is 10.5 Å². The maximum Gasteiger partial charge on any atom is 0.226 e. The average molecular weight is 276 g/mol. The Morgan fingerprint density at radius 2 is 2.30 bits per heavy atom. The highest BCUT2D eigenvalue weighted by Crippen LogP contribution is 2.23. The minimum atomic E-state index is 0.150. The standard InChI is InChI=1S/C16H24N2O2/c1-12-4-3-5-14(10-12)20-9-7-16(19)18-8-6-13(2)15(18)11-17/h3-5,10,13,15H,6-9,11,17H2,1-2H3. The number of ether oxygens (including phenoxy) is 1. The second-order valence-electron chi connectivity index (χ2n) is 5.57. The van der Waals surface area contributed by atoms with Crippen LogP contribution in [0.15, 0.2) is 24.3 Å². The van der Waals surface area contributed by atoms with Gasteiger partial charge in [0.2, 0.25) is 5.91 Å². The zero-order chi connectivity index (χ0) is 14.5. The van der Waals surface area contributed by atoms with Crippen molar-refractivity contribution in [3.63, 3.8) is 0 Å². The van der Waals surface area contributed by atoms with Crippen LogP contribution in [0.2, 0.25) is 0 Å². The number of carbonyl (C=O) groups excluding carboxylic acids is 1. The van der Waals surface area contributed by atoms with Gasteiger partial charge in [-0.2, -0.15) is 0 Å². The Hall–Kier alpha value is -1.55. The summed E-state index contributed by atoms with van der Waals surface area (Å²) < 4.78 is 5.63. The second kappa shape index (κ2) is 6.75. The van der Waals surface area contributed by atoms with Gasteiger partial charge in [-0.1, -0.05) is 19.1 Å². The fourth-order valence-corrected chi connectivity index (χ4v) is 2.78. The Bertz CT molecular complexity index is 462. The lowest BCUT2D eigenvalue weighted by Gasteiger charge is -2.25. The molecule has 0 spiro atoms. The van der Waals surface area contributed by atoms with Crippen molar-refractivity contribution in [2.75, 3.05) is 19.7 Å². The number of carbonyl (C=O) groups is 1. The van der Waals surface area contributed by atoms with Crippen LogP contribution in [0, 0.1) is 12.8 Å². The van der Waals surface area contributed by atoms with Crippen molar-refractivity contribution in [2.45, 2.75) is 32.7 Å². The Balaban J connectivity index is 1.81. The number of likely N-dealkylation sites (tertiary alicyclic amines) is 1. The molecule has 4 nitrogen and oxygen atoms in total. The third-order valence-electron chi connectivity index (χ3n) is 4.02. The summed E-state index contributed by atoms with van der Waals surface area (Å²) in [6, 6.07) is 8.07. The summed E-state index contributed by atoms with van der Waals surface area (Å²) in [5.41, 5.74) is 6.92. The molecule has 1 aliphatic heterocycles. The van der Waals surface area contributed by atoms with Gasteiger partial charge in [-0.25, -0.2) is 0 Å². The van der Waals surface area contributed by atoms with E-state index in [-0.39, 0.29) is 11.9 Å². The molecule has 0 aliphatic carbocycles. The summed E-state index contributed by atoms with van der Waals surface area (Å²) >= 11 is 0. The maximum absolute atomic E-state index is 12.2. The molecule has 2 atom stereocenters. The number of benzene rings is 1. The van der Waals surface area contributed by atoms with E-state index in [9.17, 15) is 4.79 Å². The number of hydrogen-bond donors (Lipinski definition) is 1. The van der Waals surface area contributed by atoms with Crippen LogP contribution in [0.4, 0.5) is 0 Å². The molecule has 2 unspecified atom stereocenters. The number of amides is 1. The van der Waals surface area contributed by atoms with Crippen LogP contribution >= 0.6 is 0 Å². The van der Waals surface area contributed by atoms with Crippen LogP contribution in [0.3, 0.4) is 0 Å². The number of rotatable bonds is 5. The quantitative estimate of drug-likeness (QED) is 0.894. The molecule has 0 saturated carbocycles. The van der Waals surface area contributed by atoms with E-state index >= 15 is 0 Å². The third-order valence-corrected chi connectivity index (χ3v) is 4.02. The van der Waals surface area contributed by atoms with Gasteiger partial charge >= 0.3 is 0 Å². The topological polar surface area (TPSA) is 55.6 Å². The van der Waals surface area contributed by atoms with Crippen molar-refractivity contribution in [3.8, 4) is 5.75 Å². The van der Waals surface area contributed by atoms with Crippen molar-refractivity contribution < 1.29 is 9.53 Å². The molecule has 1 saturated heterocycles. The lowest BCUT2D eigenvalue weighted by Crippen LogP contribution is -2.42. The molecule has 0 bridgehead atoms. The normalized spacial score (nSPS) is 22.1. The molecule has 0 aromatic heterocycles. The van der Waals surface area contributed by atoms with Gasteiger partial charge in [0.15, 0.2) is 0 Å². The van der Waals surface area contributed by atoms with Crippen molar-refractivity contribution in [3.05, 3.63) is 29.8 Å². The third kappa shape index (κ3) is 3.51. The first-order valence-electron chi connectivity index (χ1n) is 7.31. The van der Waals surface area contributed by atoms with E-state index in [1.807, 2.05) is 36.1 Å². The Morgan fingerprint density at radius 3 is 3.00 bits per heavy atom. The smallest absolute Gasteiger partial charge is 0.226 e. The van der Waals surface area contributed by atoms with Gasteiger partial charge in [0.1, 0.15) is 5.75 Å². The van der Waals surface area contributed by atoms with E-state index < -0.39 is 0 Å². The number of nitrogens with zero attached hydrogens (tertiary/aromatic N) is 1. The molecule has 1 heterocycles. The monoisotopic (exact) mass is 276 g/mol. The lowest BCUT2D eigenvalue weighted by molar-refractivity contribution is -0.132. The summed E-state index contributed by atoms with van der Waals surface area (Å²) in [4.78, 5) is 14.1. The van der Waals surface area contributed by atoms with Gasteiger partial charge in [-0.15, -0.1) is 0 Å². The zero-order valence-electron chi connectivity index (χ0n) is 12.3. The molecule has 2 rings (SSSR count). The average Bonchev–Trinajstić information content (AvgIpc) is 2.80.